The number of aliphatic imine (C=N–C) groups is 1. The second-order valence-electron chi connectivity index (χ2n) is 8.60. The van der Waals surface area contributed by atoms with Crippen molar-refractivity contribution in [3.8, 4) is 5.75 Å². The molecule has 0 aromatic heterocycles. The minimum atomic E-state index is -0.318. The summed E-state index contributed by atoms with van der Waals surface area (Å²) in [6, 6.07) is 12.7. The topological polar surface area (TPSA) is 48.9 Å². The number of piperidine rings is 1. The molecule has 2 aromatic carbocycles. The van der Waals surface area contributed by atoms with Crippen LogP contribution in [0.1, 0.15) is 43.2 Å². The lowest BCUT2D eigenvalue weighted by molar-refractivity contribution is 0.198. The first-order valence-corrected chi connectivity index (χ1v) is 11.4. The van der Waals surface area contributed by atoms with E-state index in [0.29, 0.717) is 12.6 Å². The number of likely N-dealkylation sites (tertiary alicyclic amines) is 1. The van der Waals surface area contributed by atoms with Crippen LogP contribution in [0.15, 0.2) is 47.5 Å². The van der Waals surface area contributed by atoms with Gasteiger partial charge in [-0.3, -0.25) is 9.89 Å². The van der Waals surface area contributed by atoms with Gasteiger partial charge in [0.05, 0.1) is 7.11 Å². The lowest BCUT2D eigenvalue weighted by Crippen LogP contribution is -2.49. The van der Waals surface area contributed by atoms with Crippen LogP contribution < -0.4 is 15.4 Å². The van der Waals surface area contributed by atoms with Crippen LogP contribution in [0, 0.1) is 11.6 Å². The summed E-state index contributed by atoms with van der Waals surface area (Å²) in [6.07, 6.45) is 2.90. The largest absolute Gasteiger partial charge is 0.494 e. The zero-order valence-electron chi connectivity index (χ0n) is 19.2. The molecule has 2 fully saturated rings. The number of hydrogen-bond acceptors (Lipinski definition) is 3. The van der Waals surface area contributed by atoms with Crippen molar-refractivity contribution in [1.82, 2.24) is 15.5 Å². The second kappa shape index (κ2) is 12.0. The van der Waals surface area contributed by atoms with E-state index in [1.165, 1.54) is 13.2 Å². The fourth-order valence-electron chi connectivity index (χ4n) is 4.44. The summed E-state index contributed by atoms with van der Waals surface area (Å²) < 4.78 is 33.0. The molecule has 33 heavy (non-hydrogen) atoms. The normalized spacial score (nSPS) is 21.3. The molecule has 0 spiro atoms. The Balaban J connectivity index is 0.00000306. The van der Waals surface area contributed by atoms with Gasteiger partial charge in [0.1, 0.15) is 5.82 Å². The van der Waals surface area contributed by atoms with Gasteiger partial charge in [-0.25, -0.2) is 8.78 Å². The molecule has 2 aromatic rings. The molecule has 2 aliphatic rings. The van der Waals surface area contributed by atoms with Crippen LogP contribution >= 0.6 is 24.0 Å². The molecule has 8 heteroatoms. The Morgan fingerprint density at radius 2 is 1.85 bits per heavy atom. The van der Waals surface area contributed by atoms with Gasteiger partial charge in [0, 0.05) is 44.2 Å². The summed E-state index contributed by atoms with van der Waals surface area (Å²) in [6.45, 7) is 5.31. The summed E-state index contributed by atoms with van der Waals surface area (Å²) in [5.74, 6) is 0.841. The predicted octanol–water partition coefficient (Wildman–Crippen LogP) is 4.67. The van der Waals surface area contributed by atoms with E-state index in [1.54, 1.807) is 18.2 Å². The van der Waals surface area contributed by atoms with Crippen LogP contribution in [0.3, 0.4) is 0 Å². The van der Waals surface area contributed by atoms with Gasteiger partial charge < -0.3 is 15.4 Å². The van der Waals surface area contributed by atoms with Crippen LogP contribution in [0.4, 0.5) is 8.78 Å². The highest BCUT2D eigenvalue weighted by Crippen LogP contribution is 2.41. The van der Waals surface area contributed by atoms with E-state index in [1.807, 2.05) is 25.1 Å². The number of nitrogens with one attached hydrogen (secondary N) is 2. The molecule has 2 unspecified atom stereocenters. The molecule has 1 heterocycles. The third-order valence-corrected chi connectivity index (χ3v) is 6.28. The lowest BCUT2D eigenvalue weighted by atomic mass is 10.0. The number of guanidine groups is 1. The molecular formula is C25H33F2IN4O. The summed E-state index contributed by atoms with van der Waals surface area (Å²) in [5, 5.41) is 7.05. The molecule has 1 saturated carbocycles. The maximum absolute atomic E-state index is 14.1. The van der Waals surface area contributed by atoms with Crippen molar-refractivity contribution in [1.29, 1.82) is 0 Å². The predicted molar refractivity (Wildman–Crippen MR) is 138 cm³/mol. The number of nitrogens with zero attached hydrogens (tertiary/aromatic N) is 2. The van der Waals surface area contributed by atoms with Gasteiger partial charge in [0.15, 0.2) is 17.5 Å². The van der Waals surface area contributed by atoms with Gasteiger partial charge in [-0.05, 0) is 55.5 Å². The molecule has 2 atom stereocenters. The van der Waals surface area contributed by atoms with Crippen LogP contribution in [0.5, 0.6) is 5.75 Å². The van der Waals surface area contributed by atoms with E-state index in [9.17, 15) is 8.78 Å². The quantitative estimate of drug-likeness (QED) is 0.289. The Morgan fingerprint density at radius 3 is 2.52 bits per heavy atom. The highest BCUT2D eigenvalue weighted by molar-refractivity contribution is 14.0. The smallest absolute Gasteiger partial charge is 0.191 e. The number of hydrogen-bond donors (Lipinski definition) is 2. The molecule has 180 valence electrons. The monoisotopic (exact) mass is 570 g/mol. The highest BCUT2D eigenvalue weighted by Gasteiger charge is 2.40. The van der Waals surface area contributed by atoms with Crippen molar-refractivity contribution in [2.24, 2.45) is 4.99 Å². The van der Waals surface area contributed by atoms with Gasteiger partial charge in [-0.15, -0.1) is 24.0 Å². The number of ether oxygens (including phenoxy) is 1. The fourth-order valence-corrected chi connectivity index (χ4v) is 4.44. The molecule has 0 amide bonds. The minimum absolute atomic E-state index is 0. The summed E-state index contributed by atoms with van der Waals surface area (Å²) in [5.41, 5.74) is 1.74. The first-order valence-electron chi connectivity index (χ1n) is 11.4. The Morgan fingerprint density at radius 1 is 1.09 bits per heavy atom. The number of benzene rings is 2. The van der Waals surface area contributed by atoms with E-state index in [2.05, 4.69) is 20.5 Å². The fraction of sp³-hybridized carbons (Fsp3) is 0.480. The third-order valence-electron chi connectivity index (χ3n) is 6.28. The van der Waals surface area contributed by atoms with Gasteiger partial charge in [0.25, 0.3) is 0 Å². The molecule has 4 rings (SSSR count). The van der Waals surface area contributed by atoms with E-state index in [4.69, 9.17) is 4.74 Å². The summed E-state index contributed by atoms with van der Waals surface area (Å²) in [4.78, 5) is 6.94. The maximum Gasteiger partial charge on any atom is 0.191 e. The van der Waals surface area contributed by atoms with Crippen molar-refractivity contribution >= 4 is 29.9 Å². The van der Waals surface area contributed by atoms with Crippen molar-refractivity contribution in [2.75, 3.05) is 26.7 Å². The SMILES string of the molecule is CCN=C(NC1CCN(Cc2ccc(OC)c(F)c2)CC1)NC1CC1c1ccccc1F.I. The first kappa shape index (κ1) is 25.7. The zero-order valence-corrected chi connectivity index (χ0v) is 21.5. The second-order valence-corrected chi connectivity index (χ2v) is 8.60. The zero-order chi connectivity index (χ0) is 22.5. The maximum atomic E-state index is 14.1. The van der Waals surface area contributed by atoms with Crippen LogP contribution in [0.2, 0.25) is 0 Å². The van der Waals surface area contributed by atoms with Gasteiger partial charge in [-0.1, -0.05) is 24.3 Å². The van der Waals surface area contributed by atoms with Crippen molar-refractivity contribution in [2.45, 2.75) is 50.7 Å². The van der Waals surface area contributed by atoms with Crippen molar-refractivity contribution in [3.63, 3.8) is 0 Å². The Bertz CT molecular complexity index is 950. The third kappa shape index (κ3) is 6.79. The van der Waals surface area contributed by atoms with E-state index < -0.39 is 0 Å². The summed E-state index contributed by atoms with van der Waals surface area (Å²) >= 11 is 0. The Hall–Kier alpha value is -1.94. The molecule has 5 nitrogen and oxygen atoms in total. The Kier molecular flexibility index (Phi) is 9.31. The van der Waals surface area contributed by atoms with Crippen LogP contribution in [-0.2, 0) is 6.54 Å². The Labute approximate surface area is 212 Å². The molecule has 0 radical (unpaired) electrons. The highest BCUT2D eigenvalue weighted by atomic mass is 127. The van der Waals surface area contributed by atoms with Gasteiger partial charge >= 0.3 is 0 Å². The van der Waals surface area contributed by atoms with Crippen LogP contribution in [0.25, 0.3) is 0 Å². The van der Waals surface area contributed by atoms with Crippen molar-refractivity contribution in [3.05, 3.63) is 65.2 Å². The molecule has 1 aliphatic heterocycles. The molecule has 0 bridgehead atoms. The van der Waals surface area contributed by atoms with Crippen molar-refractivity contribution < 1.29 is 13.5 Å². The average Bonchev–Trinajstić information content (AvgIpc) is 3.54. The molecule has 1 aliphatic carbocycles. The first-order chi connectivity index (χ1) is 15.6. The standard InChI is InChI=1S/C25H32F2N4O.HI/c1-3-28-25(30-23-15-20(23)19-6-4-5-7-21(19)26)29-18-10-12-31(13-11-18)16-17-8-9-24(32-2)22(27)14-17;/h4-9,14,18,20,23H,3,10-13,15-16H2,1-2H3,(H2,28,29,30);1H. The number of halogens is 3. The van der Waals surface area contributed by atoms with Crippen LogP contribution in [-0.4, -0.2) is 49.7 Å². The van der Waals surface area contributed by atoms with E-state index >= 15 is 0 Å². The lowest BCUT2D eigenvalue weighted by Gasteiger charge is -2.33. The number of methoxy groups -OCH3 is 1. The average molecular weight is 570 g/mol. The molecule has 1 saturated heterocycles. The number of rotatable bonds is 7. The van der Waals surface area contributed by atoms with E-state index in [0.717, 1.165) is 56.0 Å². The van der Waals surface area contributed by atoms with Gasteiger partial charge in [0.2, 0.25) is 0 Å². The molecule has 2 N–H and O–H groups in total. The minimum Gasteiger partial charge on any atom is -0.494 e. The summed E-state index contributed by atoms with van der Waals surface area (Å²) in [7, 11) is 1.48. The van der Waals surface area contributed by atoms with Gasteiger partial charge in [-0.2, -0.15) is 0 Å². The van der Waals surface area contributed by atoms with E-state index in [-0.39, 0.29) is 53.3 Å². The molecular weight excluding hydrogens is 537 g/mol.